The van der Waals surface area contributed by atoms with Gasteiger partial charge in [0.1, 0.15) is 6.54 Å². The third-order valence-corrected chi connectivity index (χ3v) is 4.24. The van der Waals surface area contributed by atoms with Crippen molar-refractivity contribution in [3.8, 4) is 0 Å². The Bertz CT molecular complexity index is 555. The van der Waals surface area contributed by atoms with Crippen molar-refractivity contribution in [3.05, 3.63) is 34.3 Å². The maximum atomic E-state index is 11.7. The van der Waals surface area contributed by atoms with Gasteiger partial charge in [-0.2, -0.15) is 0 Å². The van der Waals surface area contributed by atoms with Gasteiger partial charge in [0.25, 0.3) is 0 Å². The summed E-state index contributed by atoms with van der Waals surface area (Å²) in [5.41, 5.74) is 1.16. The van der Waals surface area contributed by atoms with E-state index in [-0.39, 0.29) is 18.5 Å². The molecule has 2 N–H and O–H groups in total. The number of guanidine groups is 1. The number of carbonyl (C=O) groups excluding carboxylic acids is 1. The molecule has 1 aromatic rings. The molecule has 0 aromatic heterocycles. The fourth-order valence-corrected chi connectivity index (χ4v) is 2.58. The van der Waals surface area contributed by atoms with Crippen LogP contribution in [0.4, 0.5) is 0 Å². The molecule has 0 heterocycles. The van der Waals surface area contributed by atoms with E-state index in [1.54, 1.807) is 19.0 Å². The van der Waals surface area contributed by atoms with Crippen molar-refractivity contribution in [1.29, 1.82) is 0 Å². The quantitative estimate of drug-likeness (QED) is 0.620. The first-order valence-electron chi connectivity index (χ1n) is 7.49. The second kappa shape index (κ2) is 7.63. The van der Waals surface area contributed by atoms with E-state index in [9.17, 15) is 4.79 Å². The fourth-order valence-electron chi connectivity index (χ4n) is 1.95. The number of likely N-dealkylation sites (N-methyl/N-ethyl adjacent to an activating group) is 1. The second-order valence-electron chi connectivity index (χ2n) is 5.76. The van der Waals surface area contributed by atoms with Crippen molar-refractivity contribution in [2.24, 2.45) is 4.99 Å². The number of nitrogens with zero attached hydrogens (tertiary/aromatic N) is 2. The summed E-state index contributed by atoms with van der Waals surface area (Å²) in [6.07, 6.45) is 2.32. The largest absolute Gasteiger partial charge is 0.354 e. The summed E-state index contributed by atoms with van der Waals surface area (Å²) in [6, 6.07) is 8.67. The first-order chi connectivity index (χ1) is 10.5. The Morgan fingerprint density at radius 3 is 2.68 bits per heavy atom. The molecule has 0 bridgehead atoms. The number of rotatable bonds is 5. The van der Waals surface area contributed by atoms with Crippen molar-refractivity contribution in [3.63, 3.8) is 0 Å². The lowest BCUT2D eigenvalue weighted by Gasteiger charge is -2.20. The molecule has 120 valence electrons. The average molecular weight is 367 g/mol. The average Bonchev–Trinajstić information content (AvgIpc) is 3.28. The summed E-state index contributed by atoms with van der Waals surface area (Å²) in [5.74, 6) is 0.686. The number of halogens is 1. The van der Waals surface area contributed by atoms with Gasteiger partial charge in [0.2, 0.25) is 5.91 Å². The van der Waals surface area contributed by atoms with E-state index in [4.69, 9.17) is 0 Å². The van der Waals surface area contributed by atoms with Gasteiger partial charge in [0, 0.05) is 24.6 Å². The predicted molar refractivity (Wildman–Crippen MR) is 92.8 cm³/mol. The highest BCUT2D eigenvalue weighted by Crippen LogP contribution is 2.23. The molecule has 1 saturated carbocycles. The Labute approximate surface area is 140 Å². The van der Waals surface area contributed by atoms with Crippen LogP contribution in [0.15, 0.2) is 33.7 Å². The Balaban J connectivity index is 2.04. The number of aliphatic imine (C=N–C) groups is 1. The highest BCUT2D eigenvalue weighted by molar-refractivity contribution is 9.10. The molecule has 1 aromatic carbocycles. The van der Waals surface area contributed by atoms with Crippen molar-refractivity contribution < 1.29 is 4.79 Å². The molecule has 22 heavy (non-hydrogen) atoms. The molecular formula is C16H23BrN4O. The van der Waals surface area contributed by atoms with E-state index in [0.29, 0.717) is 12.0 Å². The highest BCUT2D eigenvalue weighted by atomic mass is 79.9. The molecule has 1 aliphatic carbocycles. The SMILES string of the molecule is CC(NC(=NCC(=O)N(C)C)NC1CC1)c1ccccc1Br. The normalized spacial score (nSPS) is 16.1. The highest BCUT2D eigenvalue weighted by Gasteiger charge is 2.23. The fraction of sp³-hybridized carbons (Fsp3) is 0.500. The van der Waals surface area contributed by atoms with Gasteiger partial charge in [0.15, 0.2) is 5.96 Å². The van der Waals surface area contributed by atoms with Crippen LogP contribution in [0.5, 0.6) is 0 Å². The van der Waals surface area contributed by atoms with Crippen LogP contribution >= 0.6 is 15.9 Å². The standard InChI is InChI=1S/C16H23BrN4O/c1-11(13-6-4-5-7-14(13)17)19-16(20-12-8-9-12)18-10-15(22)21(2)3/h4-7,11-12H,8-10H2,1-3H3,(H2,18,19,20). The zero-order chi connectivity index (χ0) is 16.1. The number of hydrogen-bond donors (Lipinski definition) is 2. The van der Waals surface area contributed by atoms with Crippen LogP contribution < -0.4 is 10.6 Å². The van der Waals surface area contributed by atoms with Crippen LogP contribution in [0.1, 0.15) is 31.4 Å². The van der Waals surface area contributed by atoms with Gasteiger partial charge in [0.05, 0.1) is 6.04 Å². The molecule has 1 amide bonds. The minimum Gasteiger partial charge on any atom is -0.354 e. The molecule has 2 rings (SSSR count). The molecule has 1 fully saturated rings. The van der Waals surface area contributed by atoms with Crippen LogP contribution in [0, 0.1) is 0 Å². The molecule has 1 unspecified atom stereocenters. The lowest BCUT2D eigenvalue weighted by Crippen LogP contribution is -2.41. The van der Waals surface area contributed by atoms with Gasteiger partial charge < -0.3 is 15.5 Å². The summed E-state index contributed by atoms with van der Waals surface area (Å²) < 4.78 is 1.06. The third kappa shape index (κ3) is 5.02. The maximum Gasteiger partial charge on any atom is 0.243 e. The number of carbonyl (C=O) groups is 1. The van der Waals surface area contributed by atoms with Crippen molar-refractivity contribution >= 4 is 27.8 Å². The molecule has 1 atom stereocenters. The molecule has 6 heteroatoms. The zero-order valence-electron chi connectivity index (χ0n) is 13.3. The minimum atomic E-state index is -0.00885. The molecule has 0 spiro atoms. The van der Waals surface area contributed by atoms with Gasteiger partial charge in [-0.3, -0.25) is 4.79 Å². The Hall–Kier alpha value is -1.56. The smallest absolute Gasteiger partial charge is 0.243 e. The summed E-state index contributed by atoms with van der Waals surface area (Å²) in [4.78, 5) is 17.7. The van der Waals surface area contributed by atoms with E-state index in [2.05, 4.69) is 44.5 Å². The van der Waals surface area contributed by atoms with Crippen LogP contribution in [0.2, 0.25) is 0 Å². The lowest BCUT2D eigenvalue weighted by atomic mass is 10.1. The van der Waals surface area contributed by atoms with Crippen LogP contribution in [-0.4, -0.2) is 43.4 Å². The summed E-state index contributed by atoms with van der Waals surface area (Å²) >= 11 is 3.57. The first-order valence-corrected chi connectivity index (χ1v) is 8.28. The molecule has 5 nitrogen and oxygen atoms in total. The monoisotopic (exact) mass is 366 g/mol. The maximum absolute atomic E-state index is 11.7. The Kier molecular flexibility index (Phi) is 5.83. The predicted octanol–water partition coefficient (Wildman–Crippen LogP) is 2.30. The number of hydrogen-bond acceptors (Lipinski definition) is 2. The summed E-state index contributed by atoms with van der Waals surface area (Å²) in [7, 11) is 3.48. The van der Waals surface area contributed by atoms with Crippen molar-refractivity contribution in [2.45, 2.75) is 31.8 Å². The molecule has 0 saturated heterocycles. The van der Waals surface area contributed by atoms with E-state index in [1.165, 1.54) is 0 Å². The van der Waals surface area contributed by atoms with E-state index >= 15 is 0 Å². The van der Waals surface area contributed by atoms with E-state index in [0.717, 1.165) is 22.9 Å². The lowest BCUT2D eigenvalue weighted by molar-refractivity contribution is -0.127. The van der Waals surface area contributed by atoms with Gasteiger partial charge in [-0.15, -0.1) is 0 Å². The van der Waals surface area contributed by atoms with E-state index in [1.807, 2.05) is 18.2 Å². The van der Waals surface area contributed by atoms with E-state index < -0.39 is 0 Å². The summed E-state index contributed by atoms with van der Waals surface area (Å²) in [6.45, 7) is 2.23. The second-order valence-corrected chi connectivity index (χ2v) is 6.61. The molecule has 1 aliphatic rings. The van der Waals surface area contributed by atoms with Gasteiger partial charge >= 0.3 is 0 Å². The third-order valence-electron chi connectivity index (χ3n) is 3.51. The number of amides is 1. The van der Waals surface area contributed by atoms with Crippen molar-refractivity contribution in [2.75, 3.05) is 20.6 Å². The van der Waals surface area contributed by atoms with Crippen LogP contribution in [0.25, 0.3) is 0 Å². The van der Waals surface area contributed by atoms with Crippen LogP contribution in [-0.2, 0) is 4.79 Å². The van der Waals surface area contributed by atoms with Gasteiger partial charge in [-0.25, -0.2) is 4.99 Å². The molecular weight excluding hydrogens is 344 g/mol. The van der Waals surface area contributed by atoms with Crippen molar-refractivity contribution in [1.82, 2.24) is 15.5 Å². The first kappa shape index (κ1) is 16.8. The summed E-state index contributed by atoms with van der Waals surface area (Å²) in [5, 5.41) is 6.74. The Morgan fingerprint density at radius 1 is 1.41 bits per heavy atom. The van der Waals surface area contributed by atoms with Gasteiger partial charge in [-0.05, 0) is 31.4 Å². The molecule has 0 radical (unpaired) electrons. The molecule has 0 aliphatic heterocycles. The number of benzene rings is 1. The zero-order valence-corrected chi connectivity index (χ0v) is 14.9. The van der Waals surface area contributed by atoms with Crippen LogP contribution in [0.3, 0.4) is 0 Å². The minimum absolute atomic E-state index is 0.00885. The number of nitrogens with one attached hydrogen (secondary N) is 2. The Morgan fingerprint density at radius 2 is 2.09 bits per heavy atom. The topological polar surface area (TPSA) is 56.7 Å². The van der Waals surface area contributed by atoms with Gasteiger partial charge in [-0.1, -0.05) is 34.1 Å².